The highest BCUT2D eigenvalue weighted by atomic mass is 19.1. The van der Waals surface area contributed by atoms with Crippen LogP contribution in [-0.4, -0.2) is 18.1 Å². The number of nitrogens with zero attached hydrogens (tertiary/aromatic N) is 2. The third-order valence-electron chi connectivity index (χ3n) is 5.36. The summed E-state index contributed by atoms with van der Waals surface area (Å²) in [5.41, 5.74) is 2.50. The number of anilines is 1. The van der Waals surface area contributed by atoms with Gasteiger partial charge in [0.2, 0.25) is 5.43 Å². The highest BCUT2D eigenvalue weighted by Gasteiger charge is 2.24. The van der Waals surface area contributed by atoms with Crippen molar-refractivity contribution in [2.45, 2.75) is 12.3 Å². The van der Waals surface area contributed by atoms with Crippen molar-refractivity contribution < 1.29 is 8.81 Å². The van der Waals surface area contributed by atoms with E-state index in [4.69, 9.17) is 4.42 Å². The second kappa shape index (κ2) is 6.20. The summed E-state index contributed by atoms with van der Waals surface area (Å²) in [6.07, 6.45) is 4.70. The number of fused-ring (bicyclic) bond motifs is 2. The summed E-state index contributed by atoms with van der Waals surface area (Å²) in [7, 11) is 0. The molecule has 1 unspecified atom stereocenters. The maximum atomic E-state index is 14.1. The molecule has 1 fully saturated rings. The van der Waals surface area contributed by atoms with E-state index < -0.39 is 5.82 Å². The molecule has 27 heavy (non-hydrogen) atoms. The zero-order valence-electron chi connectivity index (χ0n) is 14.6. The van der Waals surface area contributed by atoms with Crippen molar-refractivity contribution in [1.29, 1.82) is 0 Å². The van der Waals surface area contributed by atoms with Crippen LogP contribution < -0.4 is 10.3 Å². The van der Waals surface area contributed by atoms with Crippen LogP contribution in [0.3, 0.4) is 0 Å². The maximum absolute atomic E-state index is 14.1. The number of halogens is 1. The normalized spacial score (nSPS) is 17.1. The van der Waals surface area contributed by atoms with E-state index in [1.807, 2.05) is 24.5 Å². The molecule has 0 saturated carbocycles. The van der Waals surface area contributed by atoms with Gasteiger partial charge < -0.3 is 9.32 Å². The van der Waals surface area contributed by atoms with Gasteiger partial charge in [-0.05, 0) is 48.4 Å². The van der Waals surface area contributed by atoms with Crippen molar-refractivity contribution >= 4 is 27.6 Å². The van der Waals surface area contributed by atoms with E-state index in [1.165, 1.54) is 17.7 Å². The molecule has 4 aromatic rings. The summed E-state index contributed by atoms with van der Waals surface area (Å²) in [5.74, 6) is -0.0689. The van der Waals surface area contributed by atoms with Crippen molar-refractivity contribution in [2.75, 3.05) is 18.0 Å². The number of rotatable bonds is 2. The summed E-state index contributed by atoms with van der Waals surface area (Å²) >= 11 is 0. The number of pyridine rings is 1. The first-order valence-corrected chi connectivity index (χ1v) is 9.01. The largest absolute Gasteiger partial charge is 0.453 e. The molecule has 5 heteroatoms. The lowest BCUT2D eigenvalue weighted by Gasteiger charge is -2.19. The first-order chi connectivity index (χ1) is 13.2. The SMILES string of the molecule is O=c1c2ccc(N3CCC(c4ccncc4)C3)cc2oc2c(F)cccc12. The van der Waals surface area contributed by atoms with Gasteiger partial charge in [-0.15, -0.1) is 0 Å². The van der Waals surface area contributed by atoms with E-state index in [1.54, 1.807) is 12.1 Å². The van der Waals surface area contributed by atoms with E-state index in [0.29, 0.717) is 16.9 Å². The van der Waals surface area contributed by atoms with Crippen LogP contribution in [0.25, 0.3) is 21.9 Å². The third-order valence-corrected chi connectivity index (χ3v) is 5.36. The summed E-state index contributed by atoms with van der Waals surface area (Å²) in [4.78, 5) is 19.0. The molecule has 0 N–H and O–H groups in total. The van der Waals surface area contributed by atoms with Crippen molar-refractivity contribution in [2.24, 2.45) is 0 Å². The monoisotopic (exact) mass is 360 g/mol. The lowest BCUT2D eigenvalue weighted by atomic mass is 10.00. The molecule has 0 bridgehead atoms. The summed E-state index contributed by atoms with van der Waals surface area (Å²) < 4.78 is 19.8. The van der Waals surface area contributed by atoms with Crippen molar-refractivity contribution in [3.8, 4) is 0 Å². The van der Waals surface area contributed by atoms with E-state index in [0.717, 1.165) is 25.2 Å². The zero-order valence-corrected chi connectivity index (χ0v) is 14.6. The molecule has 3 heterocycles. The molecule has 134 valence electrons. The Morgan fingerprint density at radius 1 is 1.07 bits per heavy atom. The first-order valence-electron chi connectivity index (χ1n) is 9.01. The van der Waals surface area contributed by atoms with Crippen molar-refractivity contribution in [3.63, 3.8) is 0 Å². The van der Waals surface area contributed by atoms with Gasteiger partial charge in [0.05, 0.1) is 10.8 Å². The van der Waals surface area contributed by atoms with Crippen LogP contribution in [0, 0.1) is 5.82 Å². The van der Waals surface area contributed by atoms with Gasteiger partial charge in [0.15, 0.2) is 11.4 Å². The van der Waals surface area contributed by atoms with Gasteiger partial charge in [0, 0.05) is 43.2 Å². The molecule has 0 radical (unpaired) electrons. The Kier molecular flexibility index (Phi) is 3.67. The number of hydrogen-bond acceptors (Lipinski definition) is 4. The Morgan fingerprint density at radius 2 is 1.93 bits per heavy atom. The summed E-state index contributed by atoms with van der Waals surface area (Å²) in [5, 5.41) is 0.746. The smallest absolute Gasteiger partial charge is 0.200 e. The van der Waals surface area contributed by atoms with E-state index >= 15 is 0 Å². The fourth-order valence-corrected chi connectivity index (χ4v) is 3.93. The van der Waals surface area contributed by atoms with Gasteiger partial charge in [-0.2, -0.15) is 0 Å². The van der Waals surface area contributed by atoms with Gasteiger partial charge in [-0.1, -0.05) is 6.07 Å². The quantitative estimate of drug-likeness (QED) is 0.495. The highest BCUT2D eigenvalue weighted by Crippen LogP contribution is 2.32. The lowest BCUT2D eigenvalue weighted by Crippen LogP contribution is -2.19. The van der Waals surface area contributed by atoms with E-state index in [-0.39, 0.29) is 16.4 Å². The van der Waals surface area contributed by atoms with Gasteiger partial charge in [0.1, 0.15) is 5.58 Å². The molecule has 1 aliphatic rings. The lowest BCUT2D eigenvalue weighted by molar-refractivity contribution is 0.579. The third kappa shape index (κ3) is 2.67. The average Bonchev–Trinajstić information content (AvgIpc) is 3.20. The van der Waals surface area contributed by atoms with Crippen LogP contribution in [0.4, 0.5) is 10.1 Å². The van der Waals surface area contributed by atoms with Crippen molar-refractivity contribution in [3.05, 3.63) is 82.5 Å². The van der Waals surface area contributed by atoms with Gasteiger partial charge >= 0.3 is 0 Å². The fourth-order valence-electron chi connectivity index (χ4n) is 3.93. The van der Waals surface area contributed by atoms with Crippen LogP contribution >= 0.6 is 0 Å². The average molecular weight is 360 g/mol. The molecular formula is C22H17FN2O2. The predicted molar refractivity (Wildman–Crippen MR) is 104 cm³/mol. The van der Waals surface area contributed by atoms with E-state index in [2.05, 4.69) is 22.0 Å². The Bertz CT molecular complexity index is 1200. The Labute approximate surface area is 154 Å². The summed E-state index contributed by atoms with van der Waals surface area (Å²) in [6, 6.07) is 14.1. The first kappa shape index (κ1) is 16.0. The molecule has 1 aliphatic heterocycles. The molecule has 0 amide bonds. The molecule has 2 aromatic carbocycles. The van der Waals surface area contributed by atoms with Gasteiger partial charge in [-0.3, -0.25) is 9.78 Å². The van der Waals surface area contributed by atoms with Crippen molar-refractivity contribution in [1.82, 2.24) is 4.98 Å². The minimum atomic E-state index is -0.518. The Morgan fingerprint density at radius 3 is 2.78 bits per heavy atom. The van der Waals surface area contributed by atoms with Gasteiger partial charge in [-0.25, -0.2) is 4.39 Å². The zero-order chi connectivity index (χ0) is 18.4. The van der Waals surface area contributed by atoms with Crippen LogP contribution in [0.5, 0.6) is 0 Å². The van der Waals surface area contributed by atoms with Crippen LogP contribution in [-0.2, 0) is 0 Å². The molecule has 5 rings (SSSR count). The van der Waals surface area contributed by atoms with Crippen LogP contribution in [0.2, 0.25) is 0 Å². The molecule has 0 spiro atoms. The number of aromatic nitrogens is 1. The van der Waals surface area contributed by atoms with Crippen LogP contribution in [0.15, 0.2) is 70.1 Å². The number of hydrogen-bond donors (Lipinski definition) is 0. The number of benzene rings is 2. The van der Waals surface area contributed by atoms with Gasteiger partial charge in [0.25, 0.3) is 0 Å². The standard InChI is InChI=1S/C22H17FN2O2/c23-19-3-1-2-18-21(26)17-5-4-16(12-20(17)27-22(18)19)25-11-8-15(13-25)14-6-9-24-10-7-14/h1-7,9-10,12,15H,8,11,13H2. The second-order valence-electron chi connectivity index (χ2n) is 6.94. The summed E-state index contributed by atoms with van der Waals surface area (Å²) in [6.45, 7) is 1.81. The molecule has 1 atom stereocenters. The maximum Gasteiger partial charge on any atom is 0.200 e. The molecular weight excluding hydrogens is 343 g/mol. The fraction of sp³-hybridized carbons (Fsp3) is 0.182. The van der Waals surface area contributed by atoms with Crippen LogP contribution in [0.1, 0.15) is 17.9 Å². The highest BCUT2D eigenvalue weighted by molar-refractivity contribution is 5.91. The second-order valence-corrected chi connectivity index (χ2v) is 6.94. The van der Waals surface area contributed by atoms with E-state index in [9.17, 15) is 9.18 Å². The molecule has 1 saturated heterocycles. The molecule has 2 aromatic heterocycles. The minimum absolute atomic E-state index is 0.0169. The molecule has 0 aliphatic carbocycles. The Balaban J connectivity index is 1.54. The number of para-hydroxylation sites is 1. The topological polar surface area (TPSA) is 46.3 Å². The predicted octanol–water partition coefficient (Wildman–Crippen LogP) is 4.47. The molecule has 4 nitrogen and oxygen atoms in total. The Hall–Kier alpha value is -3.21. The minimum Gasteiger partial charge on any atom is -0.453 e.